The topological polar surface area (TPSA) is 123 Å². The molecular weight excluding hydrogens is 587 g/mol. The highest BCUT2D eigenvalue weighted by atomic mass is 19.1. The quantitative estimate of drug-likeness (QED) is 0.162. The first-order valence-electron chi connectivity index (χ1n) is 15.1. The Morgan fingerprint density at radius 3 is 2.72 bits per heavy atom. The van der Waals surface area contributed by atoms with E-state index in [4.69, 9.17) is 11.6 Å². The van der Waals surface area contributed by atoms with E-state index in [0.29, 0.717) is 39.8 Å². The van der Waals surface area contributed by atoms with Crippen molar-refractivity contribution in [3.8, 4) is 16.9 Å². The number of fused-ring (bicyclic) bond motifs is 2. The molecule has 0 bridgehead atoms. The first kappa shape index (κ1) is 30.6. The summed E-state index contributed by atoms with van der Waals surface area (Å²) in [6.45, 7) is 18.8. The van der Waals surface area contributed by atoms with Crippen molar-refractivity contribution in [3.05, 3.63) is 104 Å². The molecule has 5 heterocycles. The number of H-pyrrole nitrogens is 1. The van der Waals surface area contributed by atoms with Crippen LogP contribution in [0, 0.1) is 26.2 Å². The van der Waals surface area contributed by atoms with Crippen LogP contribution >= 0.6 is 0 Å². The number of nitrogens with one attached hydrogen (secondary N) is 1. The minimum absolute atomic E-state index is 0.0111. The minimum Gasteiger partial charge on any atom is -0.329 e. The number of hydrogen-bond donors (Lipinski definition) is 1. The lowest BCUT2D eigenvalue weighted by molar-refractivity contribution is -0.129. The molecule has 1 saturated heterocycles. The Bertz CT molecular complexity index is 2210. The third-order valence-corrected chi connectivity index (χ3v) is 8.82. The van der Waals surface area contributed by atoms with Crippen LogP contribution < -0.4 is 11.1 Å². The number of likely N-dealkylation sites (tertiary alicyclic amines) is 1. The van der Waals surface area contributed by atoms with Crippen LogP contribution in [0.15, 0.2) is 58.9 Å². The summed E-state index contributed by atoms with van der Waals surface area (Å²) in [5, 5.41) is 7.71. The molecular formula is C34H33FN8O3. The van der Waals surface area contributed by atoms with Gasteiger partial charge in [-0.15, -0.1) is 0 Å². The number of aryl methyl sites for hydroxylation is 2. The van der Waals surface area contributed by atoms with Gasteiger partial charge in [0.1, 0.15) is 11.7 Å². The third kappa shape index (κ3) is 4.88. The molecule has 0 spiro atoms. The number of nitrogens with zero attached hydrogens (tertiary/aromatic N) is 7. The van der Waals surface area contributed by atoms with E-state index in [1.165, 1.54) is 21.3 Å². The van der Waals surface area contributed by atoms with Gasteiger partial charge in [0.15, 0.2) is 11.5 Å². The summed E-state index contributed by atoms with van der Waals surface area (Å²) in [6.07, 6.45) is 4.99. The van der Waals surface area contributed by atoms with E-state index in [1.54, 1.807) is 23.4 Å². The number of aromatic amines is 1. The van der Waals surface area contributed by atoms with E-state index in [0.717, 1.165) is 5.56 Å². The van der Waals surface area contributed by atoms with Crippen molar-refractivity contribution in [1.29, 1.82) is 0 Å². The Labute approximate surface area is 263 Å². The van der Waals surface area contributed by atoms with E-state index in [-0.39, 0.29) is 48.2 Å². The van der Waals surface area contributed by atoms with Crippen LogP contribution in [0.4, 0.5) is 4.39 Å². The van der Waals surface area contributed by atoms with Crippen molar-refractivity contribution in [2.24, 2.45) is 0 Å². The molecule has 1 aromatic carbocycles. The number of aromatic nitrogens is 6. The maximum atomic E-state index is 16.4. The number of piperidine rings is 1. The number of hydrogen-bond acceptors (Lipinski definition) is 6. The molecule has 234 valence electrons. The van der Waals surface area contributed by atoms with E-state index in [2.05, 4.69) is 26.6 Å². The second kappa shape index (κ2) is 11.8. The van der Waals surface area contributed by atoms with Crippen molar-refractivity contribution in [2.45, 2.75) is 58.5 Å². The van der Waals surface area contributed by atoms with Gasteiger partial charge in [0.25, 0.3) is 0 Å². The van der Waals surface area contributed by atoms with Crippen molar-refractivity contribution < 1.29 is 9.18 Å². The minimum atomic E-state index is -0.847. The molecule has 4 aromatic heterocycles. The Hall–Kier alpha value is -5.44. The molecule has 2 atom stereocenters. The zero-order valence-corrected chi connectivity index (χ0v) is 26.0. The lowest BCUT2D eigenvalue weighted by atomic mass is 9.96. The third-order valence-electron chi connectivity index (χ3n) is 8.82. The van der Waals surface area contributed by atoms with E-state index >= 15 is 4.39 Å². The van der Waals surface area contributed by atoms with E-state index in [9.17, 15) is 14.4 Å². The molecule has 0 radical (unpaired) electrons. The molecule has 1 aliphatic heterocycles. The van der Waals surface area contributed by atoms with Gasteiger partial charge in [-0.1, -0.05) is 26.5 Å². The largest absolute Gasteiger partial charge is 0.329 e. The lowest BCUT2D eigenvalue weighted by Crippen LogP contribution is -2.50. The normalized spacial score (nSPS) is 16.7. The second-order valence-electron chi connectivity index (χ2n) is 12.0. The second-order valence-corrected chi connectivity index (χ2v) is 12.0. The van der Waals surface area contributed by atoms with Gasteiger partial charge in [-0.25, -0.2) is 15.9 Å². The van der Waals surface area contributed by atoms with Crippen LogP contribution in [0.5, 0.6) is 0 Å². The predicted octanol–water partition coefficient (Wildman–Crippen LogP) is 5.00. The molecule has 1 fully saturated rings. The van der Waals surface area contributed by atoms with Crippen LogP contribution in [0.2, 0.25) is 0 Å². The van der Waals surface area contributed by atoms with E-state index < -0.39 is 29.0 Å². The van der Waals surface area contributed by atoms with Crippen molar-refractivity contribution in [1.82, 2.24) is 34.2 Å². The van der Waals surface area contributed by atoms with Gasteiger partial charge in [0.2, 0.25) is 12.5 Å². The first-order valence-corrected chi connectivity index (χ1v) is 15.1. The summed E-state index contributed by atoms with van der Waals surface area (Å²) >= 11 is 0. The molecule has 1 amide bonds. The van der Waals surface area contributed by atoms with Gasteiger partial charge in [0.05, 0.1) is 28.6 Å². The molecule has 46 heavy (non-hydrogen) atoms. The van der Waals surface area contributed by atoms with Crippen molar-refractivity contribution >= 4 is 28.0 Å². The Morgan fingerprint density at radius 1 is 1.22 bits per heavy atom. The van der Waals surface area contributed by atoms with Gasteiger partial charge >= 0.3 is 11.1 Å². The van der Waals surface area contributed by atoms with Gasteiger partial charge in [-0.3, -0.25) is 33.6 Å². The smallest absolute Gasteiger partial charge is 0.322 e. The van der Waals surface area contributed by atoms with Crippen LogP contribution in [0.3, 0.4) is 0 Å². The highest BCUT2D eigenvalue weighted by molar-refractivity contribution is 5.96. The predicted molar refractivity (Wildman–Crippen MR) is 173 cm³/mol. The maximum Gasteiger partial charge on any atom is 0.322 e. The zero-order chi connectivity index (χ0) is 32.9. The van der Waals surface area contributed by atoms with Gasteiger partial charge in [-0.05, 0) is 61.9 Å². The SMILES string of the molecule is [C-]#[N+]C[C@@H]1CC(n2c(=O)c(=O)n(-c3c(C)ccnc3C(C)C)c3nc(-c4c(C)ccc5[nH]ncc45)c(F)cc32)CCN1C(=O)C=C. The molecule has 12 heteroatoms. The summed E-state index contributed by atoms with van der Waals surface area (Å²) in [5.74, 6) is -1.09. The molecule has 5 aromatic rings. The lowest BCUT2D eigenvalue weighted by Gasteiger charge is -2.37. The fourth-order valence-electron chi connectivity index (χ4n) is 6.64. The number of pyridine rings is 2. The van der Waals surface area contributed by atoms with Gasteiger partial charge in [0, 0.05) is 35.8 Å². The molecule has 1 unspecified atom stereocenters. The molecule has 6 rings (SSSR count). The average Bonchev–Trinajstić information content (AvgIpc) is 3.51. The Balaban J connectivity index is 1.69. The van der Waals surface area contributed by atoms with Gasteiger partial charge in [-0.2, -0.15) is 5.10 Å². The summed E-state index contributed by atoms with van der Waals surface area (Å²) in [5.41, 5.74) is 2.25. The van der Waals surface area contributed by atoms with Crippen LogP contribution in [0.1, 0.15) is 55.5 Å². The molecule has 0 saturated carbocycles. The number of rotatable bonds is 6. The molecule has 0 aliphatic carbocycles. The molecule has 11 nitrogen and oxygen atoms in total. The standard InChI is InChI=1S/C34H33FN8O3/c1-7-27(44)41-13-11-21(14-22(41)16-36-6)42-26-15-24(35)30(28-19(4)8-9-25-23(28)17-38-40-25)39-32(26)43(34(46)33(42)45)31-20(5)10-12-37-29(31)18(2)3/h7-10,12,15,17-18,21-22H,1,11,13-14,16H2,2-5H3,(H,38,40)/t21?,22-/m0/s1. The number of carbonyl (C=O) groups is 1. The first-order chi connectivity index (χ1) is 22.1. The number of amides is 1. The zero-order valence-electron chi connectivity index (χ0n) is 26.0. The fourth-order valence-corrected chi connectivity index (χ4v) is 6.64. The maximum absolute atomic E-state index is 16.4. The summed E-state index contributed by atoms with van der Waals surface area (Å²) < 4.78 is 19.0. The molecule has 1 aliphatic rings. The number of benzene rings is 1. The van der Waals surface area contributed by atoms with Crippen LogP contribution in [-0.2, 0) is 4.79 Å². The van der Waals surface area contributed by atoms with Gasteiger partial charge < -0.3 is 9.74 Å². The highest BCUT2D eigenvalue weighted by Crippen LogP contribution is 2.35. The Kier molecular flexibility index (Phi) is 7.85. The fraction of sp³-hybridized carbons (Fsp3) is 0.324. The monoisotopic (exact) mass is 620 g/mol. The van der Waals surface area contributed by atoms with Crippen molar-refractivity contribution in [3.63, 3.8) is 0 Å². The molecule has 1 N–H and O–H groups in total. The summed E-state index contributed by atoms with van der Waals surface area (Å²) in [4.78, 5) is 55.5. The highest BCUT2D eigenvalue weighted by Gasteiger charge is 2.36. The summed E-state index contributed by atoms with van der Waals surface area (Å²) in [7, 11) is 0. The van der Waals surface area contributed by atoms with Crippen LogP contribution in [0.25, 0.3) is 43.9 Å². The van der Waals surface area contributed by atoms with E-state index in [1.807, 2.05) is 39.8 Å². The number of carbonyl (C=O) groups excluding carboxylic acids is 1. The van der Waals surface area contributed by atoms with Crippen LogP contribution in [-0.4, -0.2) is 59.2 Å². The van der Waals surface area contributed by atoms with Crippen molar-refractivity contribution in [2.75, 3.05) is 13.1 Å². The summed E-state index contributed by atoms with van der Waals surface area (Å²) in [6, 6.07) is 5.60. The number of halogens is 1. The Morgan fingerprint density at radius 2 is 2.00 bits per heavy atom. The average molecular weight is 621 g/mol.